The molecule has 116 valence electrons. The average molecular weight is 284 g/mol. The minimum absolute atomic E-state index is 0.235. The first-order valence-corrected chi connectivity index (χ1v) is 6.63. The van der Waals surface area contributed by atoms with E-state index < -0.39 is 17.0 Å². The molecule has 0 saturated heterocycles. The zero-order chi connectivity index (χ0) is 16.6. The summed E-state index contributed by atoms with van der Waals surface area (Å²) < 4.78 is 0. The summed E-state index contributed by atoms with van der Waals surface area (Å²) in [6, 6.07) is 0. The van der Waals surface area contributed by atoms with Gasteiger partial charge >= 0.3 is 0 Å². The molecule has 0 saturated carbocycles. The van der Waals surface area contributed by atoms with E-state index >= 15 is 0 Å². The lowest BCUT2D eigenvalue weighted by atomic mass is 10.1. The Morgan fingerprint density at radius 1 is 0.800 bits per heavy atom. The van der Waals surface area contributed by atoms with Gasteiger partial charge in [0, 0.05) is 12.8 Å². The van der Waals surface area contributed by atoms with Gasteiger partial charge in [0.25, 0.3) is 0 Å². The standard InChI is InChI=1S/2C8H14O2/c1-7(2,9)5-6-8(3,4)10;1-4-7(2)5-6-8(3,9)10/h9-10H,1-4H3;7,9-10H,4H2,1-3H3. The second kappa shape index (κ2) is 8.29. The highest BCUT2D eigenvalue weighted by atomic mass is 16.5. The summed E-state index contributed by atoms with van der Waals surface area (Å²) in [5.74, 6) is 8.50. The smallest absolute Gasteiger partial charge is 0.225 e. The maximum Gasteiger partial charge on any atom is 0.225 e. The van der Waals surface area contributed by atoms with E-state index in [0.717, 1.165) is 6.42 Å². The zero-order valence-corrected chi connectivity index (χ0v) is 13.6. The summed E-state index contributed by atoms with van der Waals surface area (Å²) >= 11 is 0. The van der Waals surface area contributed by atoms with Crippen molar-refractivity contribution in [2.45, 2.75) is 71.9 Å². The molecule has 0 radical (unpaired) electrons. The van der Waals surface area contributed by atoms with Gasteiger partial charge in [-0.05, 0) is 40.0 Å². The minimum atomic E-state index is -1.83. The number of aliphatic hydroxyl groups is 4. The largest absolute Gasteiger partial charge is 0.378 e. The van der Waals surface area contributed by atoms with Crippen LogP contribution in [0, 0.1) is 29.6 Å². The fourth-order valence-electron chi connectivity index (χ4n) is 0.668. The Labute approximate surface area is 122 Å². The third-order valence-corrected chi connectivity index (χ3v) is 1.84. The molecule has 0 bridgehead atoms. The summed E-state index contributed by atoms with van der Waals surface area (Å²) in [5, 5.41) is 35.7. The Balaban J connectivity index is 0. The Hall–Kier alpha value is -1.04. The molecule has 0 aromatic rings. The highest BCUT2D eigenvalue weighted by Gasteiger charge is 2.11. The van der Waals surface area contributed by atoms with Crippen LogP contribution in [0.4, 0.5) is 0 Å². The molecule has 1 unspecified atom stereocenters. The Morgan fingerprint density at radius 2 is 1.15 bits per heavy atom. The highest BCUT2D eigenvalue weighted by Crippen LogP contribution is 2.02. The van der Waals surface area contributed by atoms with Crippen molar-refractivity contribution in [1.29, 1.82) is 0 Å². The lowest BCUT2D eigenvalue weighted by Crippen LogP contribution is -2.20. The summed E-state index contributed by atoms with van der Waals surface area (Å²) in [6.45, 7) is 11.5. The lowest BCUT2D eigenvalue weighted by Gasteiger charge is -2.10. The van der Waals surface area contributed by atoms with E-state index in [4.69, 9.17) is 20.4 Å². The Bertz CT molecular complexity index is 365. The molecule has 1 atom stereocenters. The van der Waals surface area contributed by atoms with Crippen LogP contribution in [-0.2, 0) is 0 Å². The molecule has 0 aliphatic heterocycles. The van der Waals surface area contributed by atoms with Crippen LogP contribution < -0.4 is 0 Å². The van der Waals surface area contributed by atoms with Gasteiger partial charge in [0.15, 0.2) is 0 Å². The second-order valence-corrected chi connectivity index (χ2v) is 5.97. The lowest BCUT2D eigenvalue weighted by molar-refractivity contribution is -0.0916. The zero-order valence-electron chi connectivity index (χ0n) is 13.6. The molecule has 4 nitrogen and oxygen atoms in total. The second-order valence-electron chi connectivity index (χ2n) is 5.97. The highest BCUT2D eigenvalue weighted by molar-refractivity contribution is 5.16. The molecule has 20 heavy (non-hydrogen) atoms. The molecular weight excluding hydrogens is 256 g/mol. The van der Waals surface area contributed by atoms with Crippen molar-refractivity contribution < 1.29 is 20.4 Å². The van der Waals surface area contributed by atoms with E-state index in [1.165, 1.54) is 6.92 Å². The number of hydrogen-bond donors (Lipinski definition) is 4. The monoisotopic (exact) mass is 284 g/mol. The van der Waals surface area contributed by atoms with Crippen LogP contribution in [0.3, 0.4) is 0 Å². The van der Waals surface area contributed by atoms with Gasteiger partial charge < -0.3 is 20.4 Å². The topological polar surface area (TPSA) is 80.9 Å². The molecule has 0 spiro atoms. The fraction of sp³-hybridized carbons (Fsp3) is 0.750. The van der Waals surface area contributed by atoms with Crippen molar-refractivity contribution in [3.05, 3.63) is 0 Å². The SMILES string of the molecule is CC(C)(O)C#CC(C)(C)O.CCC(C)C#CC(C)(O)O. The van der Waals surface area contributed by atoms with Gasteiger partial charge in [0.2, 0.25) is 5.79 Å². The Morgan fingerprint density at radius 3 is 1.35 bits per heavy atom. The predicted octanol–water partition coefficient (Wildman–Crippen LogP) is 1.27. The normalized spacial score (nSPS) is 12.9. The van der Waals surface area contributed by atoms with Crippen molar-refractivity contribution >= 4 is 0 Å². The molecule has 0 amide bonds. The summed E-state index contributed by atoms with van der Waals surface area (Å²) in [6.07, 6.45) is 0.934. The summed E-state index contributed by atoms with van der Waals surface area (Å²) in [7, 11) is 0. The van der Waals surface area contributed by atoms with E-state index in [1.807, 2.05) is 13.8 Å². The van der Waals surface area contributed by atoms with Gasteiger partial charge in [-0.2, -0.15) is 0 Å². The average Bonchev–Trinajstić information content (AvgIpc) is 2.21. The first-order chi connectivity index (χ1) is 8.66. The summed E-state index contributed by atoms with van der Waals surface area (Å²) in [4.78, 5) is 0. The first-order valence-electron chi connectivity index (χ1n) is 6.63. The minimum Gasteiger partial charge on any atom is -0.378 e. The van der Waals surface area contributed by atoms with Crippen molar-refractivity contribution in [2.24, 2.45) is 5.92 Å². The first kappa shape index (κ1) is 21.3. The molecular formula is C16H28O4. The van der Waals surface area contributed by atoms with E-state index in [-0.39, 0.29) is 5.92 Å². The van der Waals surface area contributed by atoms with Gasteiger partial charge in [0.05, 0.1) is 0 Å². The van der Waals surface area contributed by atoms with E-state index in [2.05, 4.69) is 23.7 Å². The van der Waals surface area contributed by atoms with Crippen LogP contribution in [0.25, 0.3) is 0 Å². The predicted molar refractivity (Wildman–Crippen MR) is 80.4 cm³/mol. The third kappa shape index (κ3) is 22.2. The number of rotatable bonds is 1. The van der Waals surface area contributed by atoms with E-state index in [9.17, 15) is 0 Å². The van der Waals surface area contributed by atoms with Crippen LogP contribution >= 0.6 is 0 Å². The molecule has 4 heteroatoms. The van der Waals surface area contributed by atoms with Crippen LogP contribution in [0.15, 0.2) is 0 Å². The molecule has 0 fully saturated rings. The van der Waals surface area contributed by atoms with Crippen LogP contribution in [0.2, 0.25) is 0 Å². The Kier molecular flexibility index (Phi) is 8.82. The van der Waals surface area contributed by atoms with Crippen molar-refractivity contribution in [3.8, 4) is 23.7 Å². The number of hydrogen-bond acceptors (Lipinski definition) is 4. The van der Waals surface area contributed by atoms with E-state index in [0.29, 0.717) is 0 Å². The van der Waals surface area contributed by atoms with Crippen LogP contribution in [0.5, 0.6) is 0 Å². The molecule has 0 aromatic carbocycles. The summed E-state index contributed by atoms with van der Waals surface area (Å²) in [5.41, 5.74) is -2.03. The van der Waals surface area contributed by atoms with Crippen LogP contribution in [-0.4, -0.2) is 37.4 Å². The molecule has 0 aliphatic carbocycles. The molecule has 4 N–H and O–H groups in total. The van der Waals surface area contributed by atoms with Gasteiger partial charge in [-0.3, -0.25) is 0 Å². The molecule has 0 rings (SSSR count). The van der Waals surface area contributed by atoms with Crippen LogP contribution in [0.1, 0.15) is 54.9 Å². The van der Waals surface area contributed by atoms with Gasteiger partial charge in [-0.15, -0.1) is 0 Å². The van der Waals surface area contributed by atoms with Gasteiger partial charge in [0.1, 0.15) is 11.2 Å². The van der Waals surface area contributed by atoms with Gasteiger partial charge in [-0.1, -0.05) is 31.6 Å². The van der Waals surface area contributed by atoms with E-state index in [1.54, 1.807) is 27.7 Å². The maximum atomic E-state index is 9.10. The van der Waals surface area contributed by atoms with Crippen molar-refractivity contribution in [2.75, 3.05) is 0 Å². The fourth-order valence-corrected chi connectivity index (χ4v) is 0.668. The molecule has 0 heterocycles. The van der Waals surface area contributed by atoms with Crippen molar-refractivity contribution in [1.82, 2.24) is 0 Å². The molecule has 0 aliphatic rings. The quantitative estimate of drug-likeness (QED) is 0.432. The van der Waals surface area contributed by atoms with Crippen molar-refractivity contribution in [3.63, 3.8) is 0 Å². The van der Waals surface area contributed by atoms with Gasteiger partial charge in [-0.25, -0.2) is 0 Å². The maximum absolute atomic E-state index is 9.10. The third-order valence-electron chi connectivity index (χ3n) is 1.84. The molecule has 0 aromatic heterocycles.